The van der Waals surface area contributed by atoms with E-state index in [1.54, 1.807) is 0 Å². The maximum atomic E-state index is 11.9. The number of halogens is 3. The monoisotopic (exact) mass is 268 g/mol. The molecule has 0 aliphatic carbocycles. The lowest BCUT2D eigenvalue weighted by Crippen LogP contribution is -2.03. The van der Waals surface area contributed by atoms with Crippen LogP contribution in [0.2, 0.25) is 0 Å². The van der Waals surface area contributed by atoms with Gasteiger partial charge >= 0.3 is 13.8 Å². The van der Waals surface area contributed by atoms with E-state index in [1.165, 1.54) is 13.8 Å². The predicted molar refractivity (Wildman–Crippen MR) is 47.2 cm³/mol. The molecule has 0 rings (SSSR count). The Morgan fingerprint density at radius 2 is 1.58 bits per heavy atom. The molecular weight excluding hydrogens is 257 g/mol. The van der Waals surface area contributed by atoms with Crippen molar-refractivity contribution in [2.75, 3.05) is 13.2 Å². The molecule has 3 nitrogen and oxygen atoms in total. The minimum absolute atomic E-state index is 0. The molecule has 0 aliphatic heterocycles. The largest absolute Gasteiger partial charge is 0.396 e. The zero-order chi connectivity index (χ0) is 8.91. The number of hydrogen-bond acceptors (Lipinski definition) is 3. The van der Waals surface area contributed by atoms with Crippen molar-refractivity contribution in [3.8, 4) is 0 Å². The van der Waals surface area contributed by atoms with Gasteiger partial charge in [0.05, 0.1) is 13.2 Å². The Balaban J connectivity index is 0. The zero-order valence-electron chi connectivity index (χ0n) is 6.83. The Morgan fingerprint density at radius 1 is 1.25 bits per heavy atom. The average Bonchev–Trinajstić information content (AvgIpc) is 1.88. The van der Waals surface area contributed by atoms with E-state index >= 15 is 0 Å². The first-order valence-electron chi connectivity index (χ1n) is 3.23. The first-order chi connectivity index (χ1) is 5.06. The summed E-state index contributed by atoms with van der Waals surface area (Å²) >= 11 is 0. The Hall–Kier alpha value is 0.490. The van der Waals surface area contributed by atoms with E-state index < -0.39 is 13.8 Å². The smallest absolute Gasteiger partial charge is 0.305 e. The number of alkyl halides is 2. The molecule has 0 spiro atoms. The normalized spacial score (nSPS) is 11.4. The van der Waals surface area contributed by atoms with Crippen LogP contribution in [0.5, 0.6) is 0 Å². The molecule has 0 heterocycles. The van der Waals surface area contributed by atoms with E-state index in [-0.39, 0.29) is 30.2 Å². The van der Waals surface area contributed by atoms with Crippen LogP contribution < -0.4 is 0 Å². The topological polar surface area (TPSA) is 35.5 Å². The Labute approximate surface area is 80.7 Å². The van der Waals surface area contributed by atoms with Gasteiger partial charge in [0.15, 0.2) is 0 Å². The quantitative estimate of drug-likeness (QED) is 0.719. The molecule has 0 aliphatic rings. The first-order valence-corrected chi connectivity index (χ1v) is 4.85. The third-order valence-corrected chi connectivity index (χ3v) is 2.57. The summed E-state index contributed by atoms with van der Waals surface area (Å²) in [6, 6.07) is 0. The van der Waals surface area contributed by atoms with Gasteiger partial charge in [0, 0.05) is 0 Å². The van der Waals surface area contributed by atoms with Gasteiger partial charge in [-0.05, 0) is 13.8 Å². The van der Waals surface area contributed by atoms with Crippen molar-refractivity contribution < 1.29 is 22.4 Å². The molecule has 0 unspecified atom stereocenters. The Bertz CT molecular complexity index is 146. The lowest BCUT2D eigenvalue weighted by molar-refractivity contribution is 0.135. The van der Waals surface area contributed by atoms with Gasteiger partial charge in [-0.3, -0.25) is 4.57 Å². The van der Waals surface area contributed by atoms with Crippen LogP contribution in [0.4, 0.5) is 8.78 Å². The summed E-state index contributed by atoms with van der Waals surface area (Å²) < 4.78 is 43.4. The highest BCUT2D eigenvalue weighted by Crippen LogP contribution is 2.54. The molecule has 0 aromatic heterocycles. The summed E-state index contributed by atoms with van der Waals surface area (Å²) in [5, 5.41) is 0. The standard InChI is InChI=1S/C5H11F2O3P.BrH/c1-3-9-11(8,5(6)7)10-4-2;/h5H,3-4H2,1-2H3;1H. The highest BCUT2D eigenvalue weighted by Gasteiger charge is 2.35. The molecule has 0 saturated heterocycles. The fourth-order valence-electron chi connectivity index (χ4n) is 0.510. The summed E-state index contributed by atoms with van der Waals surface area (Å²) in [4.78, 5) is 0. The van der Waals surface area contributed by atoms with Gasteiger partial charge < -0.3 is 9.05 Å². The van der Waals surface area contributed by atoms with E-state index in [1.807, 2.05) is 0 Å². The summed E-state index contributed by atoms with van der Waals surface area (Å²) in [5.74, 6) is 0. The van der Waals surface area contributed by atoms with E-state index in [0.29, 0.717) is 0 Å². The summed E-state index contributed by atoms with van der Waals surface area (Å²) in [5.41, 5.74) is 0. The fourth-order valence-corrected chi connectivity index (χ4v) is 1.53. The van der Waals surface area contributed by atoms with Crippen molar-refractivity contribution in [2.24, 2.45) is 0 Å². The summed E-state index contributed by atoms with van der Waals surface area (Å²) in [6.45, 7) is 2.88. The molecule has 0 atom stereocenters. The summed E-state index contributed by atoms with van der Waals surface area (Å²) in [7, 11) is -4.12. The second-order valence-corrected chi connectivity index (χ2v) is 3.64. The van der Waals surface area contributed by atoms with Crippen LogP contribution in [0.3, 0.4) is 0 Å². The Morgan fingerprint density at radius 3 is 1.75 bits per heavy atom. The molecule has 0 radical (unpaired) electrons. The lowest BCUT2D eigenvalue weighted by atomic mass is 10.9. The minimum atomic E-state index is -4.12. The number of rotatable bonds is 5. The van der Waals surface area contributed by atoms with E-state index in [4.69, 9.17) is 0 Å². The summed E-state index contributed by atoms with van der Waals surface area (Å²) in [6.07, 6.45) is -3.05. The molecule has 12 heavy (non-hydrogen) atoms. The van der Waals surface area contributed by atoms with Crippen molar-refractivity contribution >= 4 is 24.6 Å². The average molecular weight is 269 g/mol. The van der Waals surface area contributed by atoms with Crippen molar-refractivity contribution in [1.82, 2.24) is 0 Å². The maximum absolute atomic E-state index is 11.9. The number of hydrogen-bond donors (Lipinski definition) is 0. The minimum Gasteiger partial charge on any atom is -0.305 e. The van der Waals surface area contributed by atoms with Gasteiger partial charge in [-0.15, -0.1) is 17.0 Å². The van der Waals surface area contributed by atoms with Crippen molar-refractivity contribution in [2.45, 2.75) is 20.0 Å². The molecule has 0 fully saturated rings. The van der Waals surface area contributed by atoms with Crippen LogP contribution in [0.1, 0.15) is 13.8 Å². The highest BCUT2D eigenvalue weighted by molar-refractivity contribution is 8.93. The SMILES string of the molecule is Br.CCOP(=O)(OCC)C(F)F. The highest BCUT2D eigenvalue weighted by atomic mass is 79.9. The molecule has 0 bridgehead atoms. The van der Waals surface area contributed by atoms with Crippen LogP contribution in [0.25, 0.3) is 0 Å². The van der Waals surface area contributed by atoms with Crippen LogP contribution in [-0.4, -0.2) is 19.4 Å². The van der Waals surface area contributed by atoms with E-state index in [9.17, 15) is 13.3 Å². The molecule has 0 aromatic rings. The van der Waals surface area contributed by atoms with E-state index in [2.05, 4.69) is 9.05 Å². The zero-order valence-corrected chi connectivity index (χ0v) is 9.44. The van der Waals surface area contributed by atoms with Crippen LogP contribution in [0.15, 0.2) is 0 Å². The van der Waals surface area contributed by atoms with Gasteiger partial charge in [0.2, 0.25) is 0 Å². The second kappa shape index (κ2) is 6.95. The van der Waals surface area contributed by atoms with Crippen LogP contribution in [0, 0.1) is 0 Å². The molecule has 0 N–H and O–H groups in total. The van der Waals surface area contributed by atoms with Gasteiger partial charge in [-0.2, -0.15) is 8.78 Å². The van der Waals surface area contributed by atoms with Crippen LogP contribution >= 0.6 is 24.6 Å². The van der Waals surface area contributed by atoms with Crippen molar-refractivity contribution in [3.05, 3.63) is 0 Å². The molecule has 0 aromatic carbocycles. The molecule has 7 heteroatoms. The van der Waals surface area contributed by atoms with Gasteiger partial charge in [0.1, 0.15) is 0 Å². The molecular formula is C5H12BrF2O3P. The third kappa shape index (κ3) is 4.50. The lowest BCUT2D eigenvalue weighted by Gasteiger charge is -2.14. The third-order valence-electron chi connectivity index (χ3n) is 0.857. The van der Waals surface area contributed by atoms with Crippen molar-refractivity contribution in [1.29, 1.82) is 0 Å². The maximum Gasteiger partial charge on any atom is 0.396 e. The Kier molecular flexibility index (Phi) is 8.68. The molecule has 0 saturated carbocycles. The first kappa shape index (κ1) is 15.0. The molecule has 76 valence electrons. The van der Waals surface area contributed by atoms with Crippen LogP contribution in [-0.2, 0) is 13.6 Å². The second-order valence-electron chi connectivity index (χ2n) is 1.65. The molecule has 0 amide bonds. The van der Waals surface area contributed by atoms with E-state index in [0.717, 1.165) is 0 Å². The fraction of sp³-hybridized carbons (Fsp3) is 1.00. The van der Waals surface area contributed by atoms with Gasteiger partial charge in [-0.25, -0.2) is 0 Å². The predicted octanol–water partition coefficient (Wildman–Crippen LogP) is 3.05. The van der Waals surface area contributed by atoms with Gasteiger partial charge in [-0.1, -0.05) is 0 Å². The van der Waals surface area contributed by atoms with Gasteiger partial charge in [0.25, 0.3) is 0 Å². The van der Waals surface area contributed by atoms with Crippen molar-refractivity contribution in [3.63, 3.8) is 0 Å².